The number of carbonyl (C=O) groups excluding carboxylic acids is 1. The predicted octanol–water partition coefficient (Wildman–Crippen LogP) is 1.92. The summed E-state index contributed by atoms with van der Waals surface area (Å²) in [5, 5.41) is 5.41. The molecule has 19 heavy (non-hydrogen) atoms. The first-order valence-electron chi connectivity index (χ1n) is 5.53. The van der Waals surface area contributed by atoms with Crippen LogP contribution in [0.25, 0.3) is 6.08 Å². The van der Waals surface area contributed by atoms with E-state index in [9.17, 15) is 9.18 Å². The molecule has 2 N–H and O–H groups in total. The van der Waals surface area contributed by atoms with Crippen LogP contribution in [-0.2, 0) is 4.79 Å². The number of amides is 1. The van der Waals surface area contributed by atoms with Gasteiger partial charge in [0.05, 0.1) is 18.5 Å². The van der Waals surface area contributed by atoms with Crippen molar-refractivity contribution in [2.24, 2.45) is 0 Å². The van der Waals surface area contributed by atoms with Crippen molar-refractivity contribution in [3.63, 3.8) is 0 Å². The van der Waals surface area contributed by atoms with Gasteiger partial charge in [0.15, 0.2) is 11.6 Å². The molecule has 0 saturated carbocycles. The summed E-state index contributed by atoms with van der Waals surface area (Å²) in [7, 11) is 1.38. The minimum Gasteiger partial charge on any atom is -0.494 e. The second kappa shape index (κ2) is 4.97. The maximum absolute atomic E-state index is 13.3. The second-order valence-electron chi connectivity index (χ2n) is 3.99. The zero-order chi connectivity index (χ0) is 14.0. The van der Waals surface area contributed by atoms with Crippen molar-refractivity contribution in [3.05, 3.63) is 59.8 Å². The molecule has 2 rings (SSSR count). The number of hydrogen-bond donors (Lipinski definition) is 2. The molecule has 0 spiro atoms. The summed E-state index contributed by atoms with van der Waals surface area (Å²) in [5.74, 6) is -0.655. The molecule has 1 heterocycles. The van der Waals surface area contributed by atoms with E-state index < -0.39 is 5.82 Å². The Balaban J connectivity index is 2.33. The summed E-state index contributed by atoms with van der Waals surface area (Å²) >= 11 is 0. The van der Waals surface area contributed by atoms with Gasteiger partial charge in [-0.3, -0.25) is 4.79 Å². The maximum Gasteiger partial charge on any atom is 0.272 e. The van der Waals surface area contributed by atoms with E-state index in [-0.39, 0.29) is 11.7 Å². The van der Waals surface area contributed by atoms with E-state index in [0.29, 0.717) is 22.7 Å². The number of carbonyl (C=O) groups is 1. The normalized spacial score (nSPS) is 17.2. The zero-order valence-corrected chi connectivity index (χ0v) is 10.4. The SMILES string of the molecule is C=C1NC(=O)/C(=C/c2ccc(F)c(OC)c2)NC1=C. The second-order valence-corrected chi connectivity index (χ2v) is 3.99. The maximum atomic E-state index is 13.3. The Bertz CT molecular complexity index is 605. The van der Waals surface area contributed by atoms with Crippen molar-refractivity contribution in [3.8, 4) is 5.75 Å². The fourth-order valence-electron chi connectivity index (χ4n) is 1.61. The minimum absolute atomic E-state index is 0.119. The third-order valence-electron chi connectivity index (χ3n) is 2.65. The van der Waals surface area contributed by atoms with Gasteiger partial charge in [-0.05, 0) is 23.8 Å². The molecular formula is C14H13FN2O2. The Morgan fingerprint density at radius 1 is 1.26 bits per heavy atom. The number of hydrogen-bond acceptors (Lipinski definition) is 3. The highest BCUT2D eigenvalue weighted by Crippen LogP contribution is 2.20. The van der Waals surface area contributed by atoms with E-state index in [0.717, 1.165) is 0 Å². The lowest BCUT2D eigenvalue weighted by Crippen LogP contribution is -2.38. The van der Waals surface area contributed by atoms with Crippen LogP contribution in [-0.4, -0.2) is 13.0 Å². The van der Waals surface area contributed by atoms with Crippen LogP contribution in [0.15, 0.2) is 48.4 Å². The number of nitrogens with one attached hydrogen (secondary N) is 2. The van der Waals surface area contributed by atoms with Crippen LogP contribution in [0, 0.1) is 5.82 Å². The quantitative estimate of drug-likeness (QED) is 0.799. The number of ether oxygens (including phenoxy) is 1. The Morgan fingerprint density at radius 3 is 2.63 bits per heavy atom. The lowest BCUT2D eigenvalue weighted by atomic mass is 10.1. The number of benzene rings is 1. The van der Waals surface area contributed by atoms with Gasteiger partial charge in [0.1, 0.15) is 5.70 Å². The summed E-state index contributed by atoms with van der Waals surface area (Å²) in [4.78, 5) is 11.7. The van der Waals surface area contributed by atoms with Gasteiger partial charge >= 0.3 is 0 Å². The van der Waals surface area contributed by atoms with Gasteiger partial charge in [0.2, 0.25) is 0 Å². The summed E-state index contributed by atoms with van der Waals surface area (Å²) in [6.45, 7) is 7.35. The van der Waals surface area contributed by atoms with Crippen LogP contribution in [0.3, 0.4) is 0 Å². The van der Waals surface area contributed by atoms with Gasteiger partial charge in [-0.2, -0.15) is 0 Å². The topological polar surface area (TPSA) is 50.4 Å². The molecule has 1 amide bonds. The van der Waals surface area contributed by atoms with Crippen LogP contribution in [0.4, 0.5) is 4.39 Å². The van der Waals surface area contributed by atoms with Crippen molar-refractivity contribution in [1.29, 1.82) is 0 Å². The standard InChI is InChI=1S/C14H13FN2O2/c1-8-9(2)17-14(18)12(16-8)6-10-4-5-11(15)13(7-10)19-3/h4-7,16H,1-2H2,3H3,(H,17,18)/b12-6-. The van der Waals surface area contributed by atoms with Crippen LogP contribution in [0.1, 0.15) is 5.56 Å². The first-order chi connectivity index (χ1) is 9.01. The third kappa shape index (κ3) is 2.65. The van der Waals surface area contributed by atoms with E-state index >= 15 is 0 Å². The van der Waals surface area contributed by atoms with E-state index in [2.05, 4.69) is 23.8 Å². The number of piperazine rings is 1. The molecule has 1 saturated heterocycles. The summed E-state index contributed by atoms with van der Waals surface area (Å²) in [6, 6.07) is 4.33. The van der Waals surface area contributed by atoms with E-state index in [1.807, 2.05) is 0 Å². The smallest absolute Gasteiger partial charge is 0.272 e. The van der Waals surface area contributed by atoms with Gasteiger partial charge in [-0.15, -0.1) is 0 Å². The summed E-state index contributed by atoms with van der Waals surface area (Å²) in [6.07, 6.45) is 1.58. The summed E-state index contributed by atoms with van der Waals surface area (Å²) in [5.41, 5.74) is 1.89. The molecule has 0 unspecified atom stereocenters. The van der Waals surface area contributed by atoms with Crippen LogP contribution in [0.5, 0.6) is 5.75 Å². The fraction of sp³-hybridized carbons (Fsp3) is 0.0714. The molecular weight excluding hydrogens is 247 g/mol. The van der Waals surface area contributed by atoms with Crippen molar-refractivity contribution in [2.45, 2.75) is 0 Å². The number of rotatable bonds is 2. The highest BCUT2D eigenvalue weighted by molar-refractivity contribution is 6.00. The van der Waals surface area contributed by atoms with Crippen LogP contribution in [0.2, 0.25) is 0 Å². The average Bonchev–Trinajstić information content (AvgIpc) is 2.38. The van der Waals surface area contributed by atoms with E-state index in [4.69, 9.17) is 4.74 Å². The lowest BCUT2D eigenvalue weighted by molar-refractivity contribution is -0.117. The van der Waals surface area contributed by atoms with Crippen LogP contribution >= 0.6 is 0 Å². The Labute approximate surface area is 110 Å². The molecule has 0 radical (unpaired) electrons. The molecule has 1 aliphatic heterocycles. The van der Waals surface area contributed by atoms with Gasteiger partial charge in [-0.1, -0.05) is 19.2 Å². The molecule has 5 heteroatoms. The van der Waals surface area contributed by atoms with E-state index in [1.54, 1.807) is 12.1 Å². The molecule has 1 aliphatic rings. The molecule has 1 aromatic carbocycles. The number of methoxy groups -OCH3 is 1. The molecule has 0 aliphatic carbocycles. The first-order valence-corrected chi connectivity index (χ1v) is 5.53. The van der Waals surface area contributed by atoms with Gasteiger partial charge in [0.25, 0.3) is 5.91 Å². The predicted molar refractivity (Wildman–Crippen MR) is 70.5 cm³/mol. The highest BCUT2D eigenvalue weighted by Gasteiger charge is 2.19. The Kier molecular flexibility index (Phi) is 3.37. The van der Waals surface area contributed by atoms with Crippen molar-refractivity contribution in [2.75, 3.05) is 7.11 Å². The molecule has 1 aromatic rings. The average molecular weight is 260 g/mol. The lowest BCUT2D eigenvalue weighted by Gasteiger charge is -2.21. The fourth-order valence-corrected chi connectivity index (χ4v) is 1.61. The molecule has 0 aromatic heterocycles. The molecule has 4 nitrogen and oxygen atoms in total. The molecule has 0 bridgehead atoms. The van der Waals surface area contributed by atoms with Gasteiger partial charge in [-0.25, -0.2) is 4.39 Å². The van der Waals surface area contributed by atoms with Gasteiger partial charge < -0.3 is 15.4 Å². The van der Waals surface area contributed by atoms with E-state index in [1.165, 1.54) is 19.2 Å². The Hall–Kier alpha value is -2.56. The number of halogens is 1. The van der Waals surface area contributed by atoms with Crippen molar-refractivity contribution >= 4 is 12.0 Å². The highest BCUT2D eigenvalue weighted by atomic mass is 19.1. The first kappa shape index (κ1) is 12.9. The monoisotopic (exact) mass is 260 g/mol. The van der Waals surface area contributed by atoms with Crippen molar-refractivity contribution < 1.29 is 13.9 Å². The summed E-state index contributed by atoms with van der Waals surface area (Å²) < 4.78 is 18.2. The zero-order valence-electron chi connectivity index (χ0n) is 10.4. The van der Waals surface area contributed by atoms with Gasteiger partial charge in [0, 0.05) is 0 Å². The largest absolute Gasteiger partial charge is 0.494 e. The molecule has 98 valence electrons. The van der Waals surface area contributed by atoms with Crippen molar-refractivity contribution in [1.82, 2.24) is 10.6 Å². The van der Waals surface area contributed by atoms with Crippen LogP contribution < -0.4 is 15.4 Å². The molecule has 0 atom stereocenters. The minimum atomic E-state index is -0.455. The Morgan fingerprint density at radius 2 is 1.95 bits per heavy atom. The third-order valence-corrected chi connectivity index (χ3v) is 2.65. The molecule has 1 fully saturated rings.